The molecule has 0 spiro atoms. The van der Waals surface area contributed by atoms with E-state index < -0.39 is 0 Å². The van der Waals surface area contributed by atoms with Gasteiger partial charge < -0.3 is 10.3 Å². The summed E-state index contributed by atoms with van der Waals surface area (Å²) < 4.78 is 2.08. The van der Waals surface area contributed by atoms with Crippen LogP contribution in [0, 0.1) is 0 Å². The van der Waals surface area contributed by atoms with E-state index in [0.29, 0.717) is 5.92 Å². The Hall–Kier alpha value is -0.900. The van der Waals surface area contributed by atoms with Crippen molar-refractivity contribution in [2.24, 2.45) is 0 Å². The van der Waals surface area contributed by atoms with Crippen LogP contribution in [-0.4, -0.2) is 21.6 Å². The normalized spacial score (nSPS) is 11.1. The second kappa shape index (κ2) is 6.74. The zero-order valence-corrected chi connectivity index (χ0v) is 11.9. The van der Waals surface area contributed by atoms with Crippen molar-refractivity contribution in [2.75, 3.05) is 17.7 Å². The van der Waals surface area contributed by atoms with Crippen LogP contribution < -0.4 is 5.73 Å². The van der Waals surface area contributed by atoms with E-state index in [1.54, 1.807) is 0 Å². The molecule has 0 fully saturated rings. The van der Waals surface area contributed by atoms with Crippen LogP contribution >= 0.6 is 11.8 Å². The lowest BCUT2D eigenvalue weighted by Gasteiger charge is -2.09. The summed E-state index contributed by atoms with van der Waals surface area (Å²) in [5, 5.41) is 0. The summed E-state index contributed by atoms with van der Waals surface area (Å²) in [5.41, 5.74) is 7.20. The van der Waals surface area contributed by atoms with E-state index in [1.165, 1.54) is 0 Å². The highest BCUT2D eigenvalue weighted by atomic mass is 32.2. The average Bonchev–Trinajstić information content (AvgIpc) is 2.59. The van der Waals surface area contributed by atoms with Gasteiger partial charge in [-0.1, -0.05) is 19.9 Å². The van der Waals surface area contributed by atoms with E-state index in [-0.39, 0.29) is 0 Å². The topological polar surface area (TPSA) is 43.8 Å². The Kier molecular flexibility index (Phi) is 5.62. The second-order valence-corrected chi connectivity index (χ2v) is 5.44. The lowest BCUT2D eigenvalue weighted by atomic mass is 10.2. The van der Waals surface area contributed by atoms with Gasteiger partial charge in [0, 0.05) is 12.5 Å². The number of hydrogen-bond donors (Lipinski definition) is 1. The number of nitrogen functional groups attached to an aromatic ring is 1. The van der Waals surface area contributed by atoms with Crippen molar-refractivity contribution in [3.05, 3.63) is 24.2 Å². The van der Waals surface area contributed by atoms with E-state index in [0.717, 1.165) is 42.5 Å². The summed E-state index contributed by atoms with van der Waals surface area (Å²) >= 11 is 1.86. The monoisotopic (exact) mass is 253 g/mol. The summed E-state index contributed by atoms with van der Waals surface area (Å²) in [6.07, 6.45) is 6.10. The number of nitrogens with zero attached hydrogens (tertiary/aromatic N) is 2. The molecule has 2 N–H and O–H groups in total. The molecule has 0 unspecified atom stereocenters. The zero-order chi connectivity index (χ0) is 12.8. The molecular formula is C13H23N3S. The van der Waals surface area contributed by atoms with Gasteiger partial charge in [0.05, 0.1) is 5.69 Å². The molecule has 0 amide bonds. The predicted molar refractivity (Wildman–Crippen MR) is 77.6 cm³/mol. The maximum absolute atomic E-state index is 6.16. The van der Waals surface area contributed by atoms with Gasteiger partial charge >= 0.3 is 0 Å². The standard InChI is InChI=1S/C13H23N3S/c1-5-8-16-12(14)11(7-6-9-17-4)15-13(16)10(2)3/h5,10H,1,6-9,14H2,2-4H3. The average molecular weight is 253 g/mol. The highest BCUT2D eigenvalue weighted by Gasteiger charge is 2.15. The van der Waals surface area contributed by atoms with Crippen LogP contribution in [-0.2, 0) is 13.0 Å². The fourth-order valence-corrected chi connectivity index (χ4v) is 2.30. The maximum atomic E-state index is 6.16. The van der Waals surface area contributed by atoms with Crippen molar-refractivity contribution in [2.45, 2.75) is 39.2 Å². The molecule has 1 rings (SSSR count). The molecular weight excluding hydrogens is 230 g/mol. The lowest BCUT2D eigenvalue weighted by Crippen LogP contribution is -2.07. The van der Waals surface area contributed by atoms with Crippen molar-refractivity contribution >= 4 is 17.6 Å². The third-order valence-electron chi connectivity index (χ3n) is 2.70. The number of imidazole rings is 1. The van der Waals surface area contributed by atoms with Crippen LogP contribution in [0.1, 0.15) is 37.7 Å². The third kappa shape index (κ3) is 3.53. The van der Waals surface area contributed by atoms with E-state index in [4.69, 9.17) is 5.73 Å². The van der Waals surface area contributed by atoms with Crippen molar-refractivity contribution < 1.29 is 0 Å². The van der Waals surface area contributed by atoms with Gasteiger partial charge in [0.25, 0.3) is 0 Å². The molecule has 0 atom stereocenters. The molecule has 1 aromatic heterocycles. The molecule has 0 aliphatic rings. The lowest BCUT2D eigenvalue weighted by molar-refractivity contribution is 0.683. The van der Waals surface area contributed by atoms with Gasteiger partial charge in [-0.3, -0.25) is 0 Å². The summed E-state index contributed by atoms with van der Waals surface area (Å²) in [4.78, 5) is 4.68. The minimum absolute atomic E-state index is 0.395. The summed E-state index contributed by atoms with van der Waals surface area (Å²) in [7, 11) is 0. The Morgan fingerprint density at radius 3 is 2.76 bits per heavy atom. The first-order chi connectivity index (χ1) is 8.11. The zero-order valence-electron chi connectivity index (χ0n) is 11.1. The number of hydrogen-bond acceptors (Lipinski definition) is 3. The first kappa shape index (κ1) is 14.2. The van der Waals surface area contributed by atoms with Gasteiger partial charge in [-0.2, -0.15) is 11.8 Å². The van der Waals surface area contributed by atoms with E-state index >= 15 is 0 Å². The Balaban J connectivity index is 2.91. The minimum Gasteiger partial charge on any atom is -0.384 e. The van der Waals surface area contributed by atoms with Gasteiger partial charge in [0.15, 0.2) is 0 Å². The quantitative estimate of drug-likeness (QED) is 0.600. The molecule has 3 nitrogen and oxygen atoms in total. The van der Waals surface area contributed by atoms with Crippen LogP contribution in [0.5, 0.6) is 0 Å². The fraction of sp³-hybridized carbons (Fsp3) is 0.615. The molecule has 0 radical (unpaired) electrons. The molecule has 0 saturated carbocycles. The number of thioether (sulfide) groups is 1. The van der Waals surface area contributed by atoms with Crippen LogP contribution in [0.2, 0.25) is 0 Å². The SMILES string of the molecule is C=CCn1c(C(C)C)nc(CCCSC)c1N. The molecule has 4 heteroatoms. The smallest absolute Gasteiger partial charge is 0.127 e. The third-order valence-corrected chi connectivity index (χ3v) is 3.40. The Labute approximate surface area is 108 Å². The molecule has 1 aromatic rings. The highest BCUT2D eigenvalue weighted by molar-refractivity contribution is 7.98. The fourth-order valence-electron chi connectivity index (χ4n) is 1.86. The summed E-state index contributed by atoms with van der Waals surface area (Å²) in [5.74, 6) is 3.44. The van der Waals surface area contributed by atoms with Gasteiger partial charge in [0.2, 0.25) is 0 Å². The van der Waals surface area contributed by atoms with E-state index in [2.05, 4.69) is 36.2 Å². The number of anilines is 1. The van der Waals surface area contributed by atoms with E-state index in [9.17, 15) is 0 Å². The van der Waals surface area contributed by atoms with Crippen LogP contribution in [0.25, 0.3) is 0 Å². The minimum atomic E-state index is 0.395. The first-order valence-corrected chi connectivity index (χ1v) is 7.45. The second-order valence-electron chi connectivity index (χ2n) is 4.45. The summed E-state index contributed by atoms with van der Waals surface area (Å²) in [6.45, 7) is 8.81. The first-order valence-electron chi connectivity index (χ1n) is 6.06. The van der Waals surface area contributed by atoms with Gasteiger partial charge in [-0.25, -0.2) is 4.98 Å². The van der Waals surface area contributed by atoms with Crippen molar-refractivity contribution in [1.82, 2.24) is 9.55 Å². The number of rotatable bonds is 7. The van der Waals surface area contributed by atoms with Gasteiger partial charge in [0.1, 0.15) is 11.6 Å². The largest absolute Gasteiger partial charge is 0.384 e. The van der Waals surface area contributed by atoms with Crippen molar-refractivity contribution in [3.63, 3.8) is 0 Å². The van der Waals surface area contributed by atoms with Crippen LogP contribution in [0.3, 0.4) is 0 Å². The maximum Gasteiger partial charge on any atom is 0.127 e. The van der Waals surface area contributed by atoms with Crippen molar-refractivity contribution in [1.29, 1.82) is 0 Å². The van der Waals surface area contributed by atoms with Crippen LogP contribution in [0.4, 0.5) is 5.82 Å². The molecule has 17 heavy (non-hydrogen) atoms. The van der Waals surface area contributed by atoms with E-state index in [1.807, 2.05) is 17.8 Å². The summed E-state index contributed by atoms with van der Waals surface area (Å²) in [6, 6.07) is 0. The Bertz CT molecular complexity index is 369. The Morgan fingerprint density at radius 2 is 2.24 bits per heavy atom. The number of allylic oxidation sites excluding steroid dienone is 1. The number of aryl methyl sites for hydroxylation is 1. The number of nitrogens with two attached hydrogens (primary N) is 1. The molecule has 0 saturated heterocycles. The molecule has 1 heterocycles. The Morgan fingerprint density at radius 1 is 1.53 bits per heavy atom. The highest BCUT2D eigenvalue weighted by Crippen LogP contribution is 2.22. The molecule has 0 aliphatic heterocycles. The van der Waals surface area contributed by atoms with Crippen molar-refractivity contribution in [3.8, 4) is 0 Å². The predicted octanol–water partition coefficient (Wildman–Crippen LogP) is 3.07. The van der Waals surface area contributed by atoms with Gasteiger partial charge in [-0.15, -0.1) is 6.58 Å². The molecule has 96 valence electrons. The number of aromatic nitrogens is 2. The van der Waals surface area contributed by atoms with Crippen LogP contribution in [0.15, 0.2) is 12.7 Å². The van der Waals surface area contributed by atoms with Gasteiger partial charge in [-0.05, 0) is 24.9 Å². The molecule has 0 bridgehead atoms. The molecule has 0 aromatic carbocycles. The molecule has 0 aliphatic carbocycles.